The Kier molecular flexibility index (Phi) is 4.98. The van der Waals surface area contributed by atoms with Crippen LogP contribution in [0.2, 0.25) is 5.02 Å². The topological polar surface area (TPSA) is 21.3 Å². The quantitative estimate of drug-likeness (QED) is 0.835. The molecule has 2 aliphatic carbocycles. The zero-order valence-corrected chi connectivity index (χ0v) is 12.7. The summed E-state index contributed by atoms with van der Waals surface area (Å²) in [6, 6.07) is 8.80. The first-order valence-corrected chi connectivity index (χ1v) is 8.34. The third kappa shape index (κ3) is 3.97. The fourth-order valence-corrected chi connectivity index (χ4v) is 3.22. The normalized spacial score (nSPS) is 21.9. The number of hydrogen-bond donors (Lipinski definition) is 1. The van der Waals surface area contributed by atoms with Crippen molar-refractivity contribution in [3.8, 4) is 0 Å². The SMILES string of the molecule is Clc1ccccc1C(CNC1CC1)OC1CCCCC1. The van der Waals surface area contributed by atoms with Crippen molar-refractivity contribution in [3.63, 3.8) is 0 Å². The summed E-state index contributed by atoms with van der Waals surface area (Å²) in [5, 5.41) is 4.41. The summed E-state index contributed by atoms with van der Waals surface area (Å²) >= 11 is 6.36. The van der Waals surface area contributed by atoms with Crippen molar-refractivity contribution in [3.05, 3.63) is 34.9 Å². The van der Waals surface area contributed by atoms with E-state index in [4.69, 9.17) is 16.3 Å². The number of ether oxygens (including phenoxy) is 1. The van der Waals surface area contributed by atoms with Crippen LogP contribution < -0.4 is 5.32 Å². The molecule has 1 N–H and O–H groups in total. The molecule has 20 heavy (non-hydrogen) atoms. The first-order chi connectivity index (χ1) is 9.83. The lowest BCUT2D eigenvalue weighted by Crippen LogP contribution is -2.29. The van der Waals surface area contributed by atoms with Gasteiger partial charge >= 0.3 is 0 Å². The Hall–Kier alpha value is -0.570. The van der Waals surface area contributed by atoms with E-state index in [0.717, 1.165) is 17.1 Å². The average molecular weight is 294 g/mol. The summed E-state index contributed by atoms with van der Waals surface area (Å²) < 4.78 is 6.39. The molecule has 3 heteroatoms. The second-order valence-corrected chi connectivity index (χ2v) is 6.50. The maximum atomic E-state index is 6.39. The van der Waals surface area contributed by atoms with Gasteiger partial charge in [0.1, 0.15) is 0 Å². The number of nitrogens with one attached hydrogen (secondary N) is 1. The molecule has 0 spiro atoms. The zero-order chi connectivity index (χ0) is 13.8. The van der Waals surface area contributed by atoms with Crippen LogP contribution >= 0.6 is 11.6 Å². The standard InChI is InChI=1S/C17H24ClNO/c18-16-9-5-4-8-15(16)17(12-19-13-10-11-13)20-14-6-2-1-3-7-14/h4-5,8-9,13-14,17,19H,1-3,6-7,10-12H2. The van der Waals surface area contributed by atoms with Gasteiger partial charge in [0, 0.05) is 23.2 Å². The lowest BCUT2D eigenvalue weighted by atomic mass is 9.97. The monoisotopic (exact) mass is 293 g/mol. The van der Waals surface area contributed by atoms with Gasteiger partial charge in [-0.15, -0.1) is 0 Å². The van der Waals surface area contributed by atoms with Gasteiger partial charge < -0.3 is 10.1 Å². The predicted octanol–water partition coefficient (Wildman–Crippen LogP) is 4.48. The summed E-state index contributed by atoms with van der Waals surface area (Å²) in [5.74, 6) is 0. The van der Waals surface area contributed by atoms with Crippen molar-refractivity contribution < 1.29 is 4.74 Å². The van der Waals surface area contributed by atoms with Gasteiger partial charge in [-0.3, -0.25) is 0 Å². The van der Waals surface area contributed by atoms with E-state index < -0.39 is 0 Å². The van der Waals surface area contributed by atoms with Gasteiger partial charge in [0.25, 0.3) is 0 Å². The molecule has 2 saturated carbocycles. The smallest absolute Gasteiger partial charge is 0.0967 e. The van der Waals surface area contributed by atoms with Gasteiger partial charge in [-0.25, -0.2) is 0 Å². The second kappa shape index (κ2) is 6.93. The molecule has 2 aliphatic rings. The van der Waals surface area contributed by atoms with Gasteiger partial charge in [0.2, 0.25) is 0 Å². The number of rotatable bonds is 6. The van der Waals surface area contributed by atoms with Crippen LogP contribution in [-0.4, -0.2) is 18.7 Å². The molecule has 0 aromatic heterocycles. The van der Waals surface area contributed by atoms with E-state index in [0.29, 0.717) is 12.1 Å². The molecule has 1 aromatic rings. The van der Waals surface area contributed by atoms with E-state index in [1.807, 2.05) is 12.1 Å². The summed E-state index contributed by atoms with van der Waals surface area (Å²) in [5.41, 5.74) is 1.13. The van der Waals surface area contributed by atoms with Crippen molar-refractivity contribution in [1.29, 1.82) is 0 Å². The van der Waals surface area contributed by atoms with Gasteiger partial charge in [0.15, 0.2) is 0 Å². The molecule has 110 valence electrons. The number of hydrogen-bond acceptors (Lipinski definition) is 2. The summed E-state index contributed by atoms with van der Waals surface area (Å²) in [6.45, 7) is 0.880. The van der Waals surface area contributed by atoms with Gasteiger partial charge in [-0.1, -0.05) is 49.1 Å². The van der Waals surface area contributed by atoms with E-state index in [1.165, 1.54) is 44.9 Å². The molecule has 0 amide bonds. The molecular formula is C17H24ClNO. The Balaban J connectivity index is 1.66. The predicted molar refractivity (Wildman–Crippen MR) is 83.2 cm³/mol. The Labute approximate surface area is 126 Å². The van der Waals surface area contributed by atoms with Crippen LogP contribution in [0, 0.1) is 0 Å². The molecule has 1 atom stereocenters. The van der Waals surface area contributed by atoms with Crippen molar-refractivity contribution in [2.24, 2.45) is 0 Å². The highest BCUT2D eigenvalue weighted by molar-refractivity contribution is 6.31. The van der Waals surface area contributed by atoms with E-state index in [2.05, 4.69) is 17.4 Å². The molecule has 0 saturated heterocycles. The molecule has 3 rings (SSSR count). The fourth-order valence-electron chi connectivity index (χ4n) is 2.96. The third-order valence-electron chi connectivity index (χ3n) is 4.33. The molecule has 0 heterocycles. The Bertz CT molecular complexity index is 427. The molecule has 0 bridgehead atoms. The van der Waals surface area contributed by atoms with Crippen LogP contribution in [0.5, 0.6) is 0 Å². The van der Waals surface area contributed by atoms with Crippen LogP contribution in [0.1, 0.15) is 56.6 Å². The highest BCUT2D eigenvalue weighted by Crippen LogP contribution is 2.31. The maximum absolute atomic E-state index is 6.39. The fraction of sp³-hybridized carbons (Fsp3) is 0.647. The minimum absolute atomic E-state index is 0.0902. The van der Waals surface area contributed by atoms with Crippen LogP contribution in [0.3, 0.4) is 0 Å². The molecule has 0 radical (unpaired) electrons. The van der Waals surface area contributed by atoms with Crippen LogP contribution in [0.4, 0.5) is 0 Å². The lowest BCUT2D eigenvalue weighted by Gasteiger charge is -2.28. The average Bonchev–Trinajstić information content (AvgIpc) is 3.29. The van der Waals surface area contributed by atoms with Gasteiger partial charge in [-0.2, -0.15) is 0 Å². The van der Waals surface area contributed by atoms with E-state index >= 15 is 0 Å². The lowest BCUT2D eigenvalue weighted by molar-refractivity contribution is -0.0307. The number of benzene rings is 1. The van der Waals surface area contributed by atoms with E-state index in [9.17, 15) is 0 Å². The van der Waals surface area contributed by atoms with E-state index in [-0.39, 0.29) is 6.10 Å². The van der Waals surface area contributed by atoms with Crippen LogP contribution in [0.25, 0.3) is 0 Å². The second-order valence-electron chi connectivity index (χ2n) is 6.09. The molecule has 0 aliphatic heterocycles. The van der Waals surface area contributed by atoms with E-state index in [1.54, 1.807) is 0 Å². The zero-order valence-electron chi connectivity index (χ0n) is 12.0. The van der Waals surface area contributed by atoms with Gasteiger partial charge in [-0.05, 0) is 31.7 Å². The first kappa shape index (κ1) is 14.4. The highest BCUT2D eigenvalue weighted by atomic mass is 35.5. The van der Waals surface area contributed by atoms with Crippen molar-refractivity contribution in [2.75, 3.05) is 6.54 Å². The van der Waals surface area contributed by atoms with Crippen molar-refractivity contribution in [1.82, 2.24) is 5.32 Å². The summed E-state index contributed by atoms with van der Waals surface area (Å²) in [6.07, 6.45) is 9.47. The first-order valence-electron chi connectivity index (χ1n) is 7.96. The van der Waals surface area contributed by atoms with Gasteiger partial charge in [0.05, 0.1) is 12.2 Å². The Morgan fingerprint density at radius 2 is 1.85 bits per heavy atom. The summed E-state index contributed by atoms with van der Waals surface area (Å²) in [7, 11) is 0. The third-order valence-corrected chi connectivity index (χ3v) is 4.67. The highest BCUT2D eigenvalue weighted by Gasteiger charge is 2.26. The van der Waals surface area contributed by atoms with Crippen molar-refractivity contribution in [2.45, 2.75) is 63.2 Å². The number of halogens is 1. The Morgan fingerprint density at radius 3 is 2.55 bits per heavy atom. The minimum Gasteiger partial charge on any atom is -0.369 e. The summed E-state index contributed by atoms with van der Waals surface area (Å²) in [4.78, 5) is 0. The van der Waals surface area contributed by atoms with Crippen LogP contribution in [0.15, 0.2) is 24.3 Å². The Morgan fingerprint density at radius 1 is 1.10 bits per heavy atom. The molecular weight excluding hydrogens is 270 g/mol. The largest absolute Gasteiger partial charge is 0.369 e. The maximum Gasteiger partial charge on any atom is 0.0967 e. The molecule has 2 nitrogen and oxygen atoms in total. The van der Waals surface area contributed by atoms with Crippen LogP contribution in [-0.2, 0) is 4.74 Å². The molecule has 1 unspecified atom stereocenters. The molecule has 2 fully saturated rings. The molecule has 1 aromatic carbocycles. The minimum atomic E-state index is 0.0902. The van der Waals surface area contributed by atoms with Crippen molar-refractivity contribution >= 4 is 11.6 Å².